The summed E-state index contributed by atoms with van der Waals surface area (Å²) in [5.74, 6) is 0.741. The van der Waals surface area contributed by atoms with E-state index in [0.717, 1.165) is 16.6 Å². The van der Waals surface area contributed by atoms with Crippen molar-refractivity contribution in [2.24, 2.45) is 11.3 Å². The molecule has 1 N–H and O–H groups in total. The normalized spacial score (nSPS) is 24.9. The zero-order valence-electron chi connectivity index (χ0n) is 11.7. The third-order valence-corrected chi connectivity index (χ3v) is 4.29. The molecule has 1 aliphatic carbocycles. The summed E-state index contributed by atoms with van der Waals surface area (Å²) in [5, 5.41) is 4.50. The van der Waals surface area contributed by atoms with Crippen molar-refractivity contribution in [3.8, 4) is 0 Å². The van der Waals surface area contributed by atoms with E-state index in [1.165, 1.54) is 25.7 Å². The molecule has 0 aliphatic heterocycles. The predicted octanol–water partition coefficient (Wildman–Crippen LogP) is 5.36. The molecule has 1 nitrogen and oxygen atoms in total. The van der Waals surface area contributed by atoms with Crippen LogP contribution in [0.1, 0.15) is 46.5 Å². The molecule has 0 amide bonds. The van der Waals surface area contributed by atoms with Crippen LogP contribution in [0.3, 0.4) is 0 Å². The monoisotopic (exact) mass is 265 g/mol. The minimum Gasteiger partial charge on any atom is -0.382 e. The first-order chi connectivity index (χ1) is 8.47. The van der Waals surface area contributed by atoms with Gasteiger partial charge in [-0.15, -0.1) is 0 Å². The first-order valence-corrected chi connectivity index (χ1v) is 7.37. The maximum Gasteiger partial charge on any atom is 0.0426 e. The van der Waals surface area contributed by atoms with Crippen LogP contribution >= 0.6 is 11.6 Å². The van der Waals surface area contributed by atoms with Crippen LogP contribution in [-0.4, -0.2) is 6.04 Å². The van der Waals surface area contributed by atoms with E-state index in [4.69, 9.17) is 11.6 Å². The Labute approximate surface area is 116 Å². The number of anilines is 1. The van der Waals surface area contributed by atoms with E-state index in [1.54, 1.807) is 0 Å². The second-order valence-corrected chi connectivity index (χ2v) is 6.95. The number of hydrogen-bond donors (Lipinski definition) is 1. The van der Waals surface area contributed by atoms with E-state index in [-0.39, 0.29) is 0 Å². The van der Waals surface area contributed by atoms with Gasteiger partial charge in [0.2, 0.25) is 0 Å². The van der Waals surface area contributed by atoms with Gasteiger partial charge in [-0.05, 0) is 42.4 Å². The van der Waals surface area contributed by atoms with Crippen molar-refractivity contribution in [3.63, 3.8) is 0 Å². The summed E-state index contributed by atoms with van der Waals surface area (Å²) in [6.07, 6.45) is 5.32. The van der Waals surface area contributed by atoms with E-state index in [1.807, 2.05) is 18.2 Å². The molecule has 100 valence electrons. The van der Waals surface area contributed by atoms with Gasteiger partial charge in [0.15, 0.2) is 0 Å². The van der Waals surface area contributed by atoms with Crippen LogP contribution in [0.25, 0.3) is 0 Å². The van der Waals surface area contributed by atoms with Gasteiger partial charge >= 0.3 is 0 Å². The average molecular weight is 266 g/mol. The third kappa shape index (κ3) is 3.41. The molecule has 0 heterocycles. The van der Waals surface area contributed by atoms with Gasteiger partial charge in [0, 0.05) is 16.8 Å². The molecule has 1 aliphatic rings. The van der Waals surface area contributed by atoms with Crippen molar-refractivity contribution in [1.82, 2.24) is 0 Å². The Balaban J connectivity index is 2.10. The van der Waals surface area contributed by atoms with Gasteiger partial charge in [-0.1, -0.05) is 51.3 Å². The average Bonchev–Trinajstić information content (AvgIpc) is 2.28. The minimum absolute atomic E-state index is 0.372. The van der Waals surface area contributed by atoms with E-state index in [2.05, 4.69) is 32.2 Å². The summed E-state index contributed by atoms with van der Waals surface area (Å²) in [4.78, 5) is 0. The lowest BCUT2D eigenvalue weighted by molar-refractivity contribution is 0.163. The topological polar surface area (TPSA) is 12.0 Å². The maximum atomic E-state index is 6.05. The molecule has 1 saturated carbocycles. The van der Waals surface area contributed by atoms with Gasteiger partial charge in [0.25, 0.3) is 0 Å². The summed E-state index contributed by atoms with van der Waals surface area (Å²) in [6.45, 7) is 7.07. The van der Waals surface area contributed by atoms with Crippen LogP contribution in [0, 0.1) is 11.3 Å². The lowest BCUT2D eigenvalue weighted by atomic mass is 9.69. The molecule has 1 fully saturated rings. The second-order valence-electron chi connectivity index (χ2n) is 6.52. The van der Waals surface area contributed by atoms with Crippen molar-refractivity contribution in [1.29, 1.82) is 0 Å². The Morgan fingerprint density at radius 1 is 1.17 bits per heavy atom. The van der Waals surface area contributed by atoms with Crippen LogP contribution in [0.4, 0.5) is 5.69 Å². The molecule has 0 saturated heterocycles. The Morgan fingerprint density at radius 3 is 2.56 bits per heavy atom. The van der Waals surface area contributed by atoms with Crippen LogP contribution in [0.5, 0.6) is 0 Å². The fourth-order valence-corrected chi connectivity index (χ4v) is 3.32. The van der Waals surface area contributed by atoms with Crippen molar-refractivity contribution >= 4 is 17.3 Å². The predicted molar refractivity (Wildman–Crippen MR) is 80.3 cm³/mol. The first-order valence-electron chi connectivity index (χ1n) is 6.99. The SMILES string of the molecule is CC(C)(C)C1CCCCC1Nc1cccc(Cl)c1. The highest BCUT2D eigenvalue weighted by Gasteiger charge is 2.33. The Bertz CT molecular complexity index is 394. The lowest BCUT2D eigenvalue weighted by Crippen LogP contribution is -2.39. The third-order valence-electron chi connectivity index (χ3n) is 4.06. The number of nitrogens with one attached hydrogen (secondary N) is 1. The molecule has 0 bridgehead atoms. The van der Waals surface area contributed by atoms with Gasteiger partial charge in [0.05, 0.1) is 0 Å². The van der Waals surface area contributed by atoms with Gasteiger partial charge in [-0.2, -0.15) is 0 Å². The largest absolute Gasteiger partial charge is 0.382 e. The molecule has 0 aromatic heterocycles. The molecule has 2 heteroatoms. The molecule has 18 heavy (non-hydrogen) atoms. The highest BCUT2D eigenvalue weighted by Crippen LogP contribution is 2.39. The number of halogens is 1. The Morgan fingerprint density at radius 2 is 1.89 bits per heavy atom. The number of rotatable bonds is 2. The molecule has 0 radical (unpaired) electrons. The summed E-state index contributed by atoms with van der Waals surface area (Å²) in [5.41, 5.74) is 1.53. The highest BCUT2D eigenvalue weighted by atomic mass is 35.5. The smallest absolute Gasteiger partial charge is 0.0426 e. The maximum absolute atomic E-state index is 6.05. The van der Waals surface area contributed by atoms with Crippen molar-refractivity contribution < 1.29 is 0 Å². The first kappa shape index (κ1) is 13.7. The number of benzene rings is 1. The molecular formula is C16H24ClN. The summed E-state index contributed by atoms with van der Waals surface area (Å²) in [7, 11) is 0. The molecule has 1 aromatic carbocycles. The highest BCUT2D eigenvalue weighted by molar-refractivity contribution is 6.30. The zero-order valence-corrected chi connectivity index (χ0v) is 12.4. The van der Waals surface area contributed by atoms with Crippen molar-refractivity contribution in [3.05, 3.63) is 29.3 Å². The van der Waals surface area contributed by atoms with Crippen LogP contribution in [-0.2, 0) is 0 Å². The lowest BCUT2D eigenvalue weighted by Gasteiger charge is -2.41. The zero-order chi connectivity index (χ0) is 13.2. The molecule has 2 unspecified atom stereocenters. The minimum atomic E-state index is 0.372. The molecule has 2 atom stereocenters. The van der Waals surface area contributed by atoms with Gasteiger partial charge < -0.3 is 5.32 Å². The summed E-state index contributed by atoms with van der Waals surface area (Å²) >= 11 is 6.05. The fraction of sp³-hybridized carbons (Fsp3) is 0.625. The van der Waals surface area contributed by atoms with Gasteiger partial charge in [-0.3, -0.25) is 0 Å². The fourth-order valence-electron chi connectivity index (χ4n) is 3.13. The summed E-state index contributed by atoms with van der Waals surface area (Å²) in [6, 6.07) is 8.65. The van der Waals surface area contributed by atoms with Gasteiger partial charge in [-0.25, -0.2) is 0 Å². The van der Waals surface area contributed by atoms with E-state index in [9.17, 15) is 0 Å². The van der Waals surface area contributed by atoms with E-state index >= 15 is 0 Å². The van der Waals surface area contributed by atoms with E-state index < -0.39 is 0 Å². The number of hydrogen-bond acceptors (Lipinski definition) is 1. The molecule has 1 aromatic rings. The standard InChI is InChI=1S/C16H24ClN/c1-16(2,3)14-9-4-5-10-15(14)18-13-8-6-7-12(17)11-13/h6-8,11,14-15,18H,4-5,9-10H2,1-3H3. The van der Waals surface area contributed by atoms with Crippen molar-refractivity contribution in [2.45, 2.75) is 52.5 Å². The van der Waals surface area contributed by atoms with Crippen molar-refractivity contribution in [2.75, 3.05) is 5.32 Å². The molecule has 2 rings (SSSR count). The summed E-state index contributed by atoms with van der Waals surface area (Å²) < 4.78 is 0. The second kappa shape index (κ2) is 5.52. The van der Waals surface area contributed by atoms with Crippen LogP contribution < -0.4 is 5.32 Å². The molecular weight excluding hydrogens is 242 g/mol. The Hall–Kier alpha value is -0.690. The van der Waals surface area contributed by atoms with Crippen LogP contribution in [0.2, 0.25) is 5.02 Å². The molecule has 0 spiro atoms. The Kier molecular flexibility index (Phi) is 4.21. The quantitative estimate of drug-likeness (QED) is 0.759. The van der Waals surface area contributed by atoms with E-state index in [0.29, 0.717) is 11.5 Å². The van der Waals surface area contributed by atoms with Gasteiger partial charge in [0.1, 0.15) is 0 Å². The van der Waals surface area contributed by atoms with Crippen LogP contribution in [0.15, 0.2) is 24.3 Å².